The number of carbonyl (C=O) groups is 1. The summed E-state index contributed by atoms with van der Waals surface area (Å²) in [4.78, 5) is 31.9. The number of nitrogens with one attached hydrogen (secondary N) is 2. The quantitative estimate of drug-likeness (QED) is 0.545. The van der Waals surface area contributed by atoms with Crippen molar-refractivity contribution in [2.75, 3.05) is 12.4 Å². The number of aromatic amines is 1. The molecule has 0 bridgehead atoms. The van der Waals surface area contributed by atoms with Crippen molar-refractivity contribution in [3.8, 4) is 17.0 Å². The predicted molar refractivity (Wildman–Crippen MR) is 111 cm³/mol. The molecule has 0 spiro atoms. The van der Waals surface area contributed by atoms with Gasteiger partial charge in [-0.25, -0.2) is 4.98 Å². The van der Waals surface area contributed by atoms with Gasteiger partial charge in [-0.05, 0) is 36.6 Å². The Hall–Kier alpha value is -3.45. The van der Waals surface area contributed by atoms with Crippen LogP contribution < -0.4 is 15.6 Å². The smallest absolute Gasteiger partial charge is 0.273 e. The predicted octanol–water partition coefficient (Wildman–Crippen LogP) is 4.22. The minimum absolute atomic E-state index is 0.189. The van der Waals surface area contributed by atoms with E-state index >= 15 is 0 Å². The zero-order valence-electron chi connectivity index (χ0n) is 15.3. The number of pyridine rings is 1. The Bertz CT molecular complexity index is 1240. The molecule has 140 valence electrons. The van der Waals surface area contributed by atoms with Crippen LogP contribution in [0.5, 0.6) is 5.75 Å². The first kappa shape index (κ1) is 17.9. The molecule has 2 heterocycles. The highest BCUT2D eigenvalue weighted by Crippen LogP contribution is 2.33. The van der Waals surface area contributed by atoms with Crippen molar-refractivity contribution in [2.45, 2.75) is 6.92 Å². The van der Waals surface area contributed by atoms with Crippen LogP contribution >= 0.6 is 11.3 Å². The van der Waals surface area contributed by atoms with Gasteiger partial charge >= 0.3 is 0 Å². The number of ether oxygens (including phenoxy) is 1. The number of aromatic nitrogens is 2. The highest BCUT2D eigenvalue weighted by Gasteiger charge is 2.14. The second-order valence-electron chi connectivity index (χ2n) is 6.30. The normalized spacial score (nSPS) is 10.8. The van der Waals surface area contributed by atoms with Gasteiger partial charge in [0.2, 0.25) is 0 Å². The van der Waals surface area contributed by atoms with Crippen LogP contribution in [0.3, 0.4) is 0 Å². The highest BCUT2D eigenvalue weighted by molar-refractivity contribution is 7.14. The number of fused-ring (bicyclic) bond motifs is 1. The molecule has 0 aliphatic carbocycles. The van der Waals surface area contributed by atoms with Crippen molar-refractivity contribution in [2.24, 2.45) is 0 Å². The number of thiazole rings is 1. The number of methoxy groups -OCH3 is 1. The molecule has 0 radical (unpaired) electrons. The van der Waals surface area contributed by atoms with Crippen LogP contribution in [0.15, 0.2) is 58.7 Å². The summed E-state index contributed by atoms with van der Waals surface area (Å²) in [7, 11) is 1.61. The van der Waals surface area contributed by atoms with Crippen LogP contribution in [-0.2, 0) is 0 Å². The molecular weight excluding hydrogens is 374 g/mol. The molecule has 1 amide bonds. The summed E-state index contributed by atoms with van der Waals surface area (Å²) >= 11 is 1.31. The molecule has 0 aliphatic heterocycles. The third-order valence-electron chi connectivity index (χ3n) is 4.35. The molecule has 2 N–H and O–H groups in total. The fourth-order valence-corrected chi connectivity index (χ4v) is 3.68. The topological polar surface area (TPSA) is 84.1 Å². The van der Waals surface area contributed by atoms with Crippen LogP contribution in [0.25, 0.3) is 22.0 Å². The van der Waals surface area contributed by atoms with E-state index in [-0.39, 0.29) is 11.3 Å². The molecule has 0 fully saturated rings. The van der Waals surface area contributed by atoms with E-state index in [2.05, 4.69) is 15.3 Å². The summed E-state index contributed by atoms with van der Waals surface area (Å²) in [5, 5.41) is 6.30. The van der Waals surface area contributed by atoms with Gasteiger partial charge in [0.25, 0.3) is 11.5 Å². The molecule has 2 aromatic heterocycles. The van der Waals surface area contributed by atoms with Gasteiger partial charge in [0, 0.05) is 16.3 Å². The maximum absolute atomic E-state index is 12.6. The molecule has 4 aromatic rings. The molecule has 4 rings (SSSR count). The molecule has 0 aliphatic rings. The average molecular weight is 391 g/mol. The van der Waals surface area contributed by atoms with E-state index in [4.69, 9.17) is 4.74 Å². The molecule has 28 heavy (non-hydrogen) atoms. The van der Waals surface area contributed by atoms with Crippen LogP contribution in [0.2, 0.25) is 0 Å². The van der Waals surface area contributed by atoms with Crippen LogP contribution in [0.1, 0.15) is 16.1 Å². The Morgan fingerprint density at radius 1 is 1.18 bits per heavy atom. The minimum Gasteiger partial charge on any atom is -0.496 e. The van der Waals surface area contributed by atoms with E-state index in [1.165, 1.54) is 11.3 Å². The number of amides is 1. The van der Waals surface area contributed by atoms with Gasteiger partial charge in [-0.2, -0.15) is 0 Å². The molecule has 2 aromatic carbocycles. The maximum Gasteiger partial charge on any atom is 0.273 e. The largest absolute Gasteiger partial charge is 0.496 e. The summed E-state index contributed by atoms with van der Waals surface area (Å²) in [5.74, 6) is 0.299. The molecule has 0 saturated heterocycles. The first-order valence-corrected chi connectivity index (χ1v) is 9.47. The van der Waals surface area contributed by atoms with E-state index in [0.717, 1.165) is 11.1 Å². The first-order chi connectivity index (χ1) is 13.5. The number of benzene rings is 2. The lowest BCUT2D eigenvalue weighted by Crippen LogP contribution is -2.18. The Morgan fingerprint density at radius 2 is 2.00 bits per heavy atom. The number of H-pyrrole nitrogens is 1. The van der Waals surface area contributed by atoms with Crippen molar-refractivity contribution in [3.63, 3.8) is 0 Å². The highest BCUT2D eigenvalue weighted by atomic mass is 32.1. The number of hydrogen-bond donors (Lipinski definition) is 2. The zero-order valence-corrected chi connectivity index (χ0v) is 16.1. The fraction of sp³-hybridized carbons (Fsp3) is 0.0952. The summed E-state index contributed by atoms with van der Waals surface area (Å²) < 4.78 is 5.41. The Labute approximate surface area is 164 Å². The number of hydrogen-bond acceptors (Lipinski definition) is 5. The van der Waals surface area contributed by atoms with Crippen molar-refractivity contribution in [3.05, 3.63) is 75.5 Å². The van der Waals surface area contributed by atoms with Crippen LogP contribution in [0.4, 0.5) is 5.13 Å². The van der Waals surface area contributed by atoms with Gasteiger partial charge in [-0.15, -0.1) is 11.3 Å². The van der Waals surface area contributed by atoms with Crippen molar-refractivity contribution in [1.29, 1.82) is 0 Å². The molecule has 7 heteroatoms. The summed E-state index contributed by atoms with van der Waals surface area (Å²) in [6, 6.07) is 14.6. The van der Waals surface area contributed by atoms with Crippen LogP contribution in [0, 0.1) is 6.92 Å². The zero-order chi connectivity index (χ0) is 19.7. The number of carbonyl (C=O) groups excluding carboxylic acids is 1. The van der Waals surface area contributed by atoms with Gasteiger partial charge in [0.05, 0.1) is 12.8 Å². The lowest BCUT2D eigenvalue weighted by Gasteiger charge is -2.07. The van der Waals surface area contributed by atoms with Gasteiger partial charge in [-0.3, -0.25) is 14.9 Å². The third-order valence-corrected chi connectivity index (χ3v) is 5.11. The van der Waals surface area contributed by atoms with Gasteiger partial charge in [-0.1, -0.05) is 29.8 Å². The molecule has 0 atom stereocenters. The molecule has 0 unspecified atom stereocenters. The minimum atomic E-state index is -0.417. The van der Waals surface area contributed by atoms with Gasteiger partial charge in [0.15, 0.2) is 5.13 Å². The van der Waals surface area contributed by atoms with E-state index < -0.39 is 5.91 Å². The summed E-state index contributed by atoms with van der Waals surface area (Å²) in [5.41, 5.74) is 2.55. The van der Waals surface area contributed by atoms with E-state index in [1.54, 1.807) is 31.4 Å². The standard InChI is InChI=1S/C21H17N3O3S/c1-12-7-8-18(27-2)15(9-12)17-11-28-21(23-17)24-20(26)16-10-13-5-3-4-6-14(13)19(25)22-16/h3-11H,1-2H3,(H,22,25)(H,23,24,26). The van der Waals surface area contributed by atoms with Crippen molar-refractivity contribution in [1.82, 2.24) is 9.97 Å². The second-order valence-corrected chi connectivity index (χ2v) is 7.15. The Balaban J connectivity index is 1.62. The lowest BCUT2D eigenvalue weighted by atomic mass is 10.1. The SMILES string of the molecule is COc1ccc(C)cc1-c1csc(NC(=O)c2cc3ccccc3c(=O)[nH]2)n1. The third kappa shape index (κ3) is 3.39. The number of anilines is 1. The Kier molecular flexibility index (Phi) is 4.67. The monoisotopic (exact) mass is 391 g/mol. The van der Waals surface area contributed by atoms with E-state index in [1.807, 2.05) is 36.6 Å². The van der Waals surface area contributed by atoms with E-state index in [0.29, 0.717) is 27.3 Å². The number of nitrogens with zero attached hydrogens (tertiary/aromatic N) is 1. The van der Waals surface area contributed by atoms with E-state index in [9.17, 15) is 9.59 Å². The molecular formula is C21H17N3O3S. The Morgan fingerprint density at radius 3 is 2.82 bits per heavy atom. The van der Waals surface area contributed by atoms with Crippen molar-refractivity contribution >= 4 is 33.1 Å². The average Bonchev–Trinajstić information content (AvgIpc) is 3.16. The summed E-state index contributed by atoms with van der Waals surface area (Å²) in [6.07, 6.45) is 0. The van der Waals surface area contributed by atoms with Crippen molar-refractivity contribution < 1.29 is 9.53 Å². The summed E-state index contributed by atoms with van der Waals surface area (Å²) in [6.45, 7) is 1.99. The lowest BCUT2D eigenvalue weighted by molar-refractivity contribution is 0.102. The fourth-order valence-electron chi connectivity index (χ4n) is 2.97. The molecule has 6 nitrogen and oxygen atoms in total. The first-order valence-electron chi connectivity index (χ1n) is 8.59. The van der Waals surface area contributed by atoms with Gasteiger partial charge in [0.1, 0.15) is 11.4 Å². The maximum atomic E-state index is 12.6. The van der Waals surface area contributed by atoms with Crippen LogP contribution in [-0.4, -0.2) is 23.0 Å². The molecule has 0 saturated carbocycles. The van der Waals surface area contributed by atoms with Gasteiger partial charge < -0.3 is 9.72 Å². The second kappa shape index (κ2) is 7.28. The number of rotatable bonds is 4. The number of aryl methyl sites for hydroxylation is 1.